The summed E-state index contributed by atoms with van der Waals surface area (Å²) in [5.41, 5.74) is 1.39. The van der Waals surface area contributed by atoms with Crippen LogP contribution in [0.25, 0.3) is 0 Å². The molecule has 4 rings (SSSR count). The molecule has 1 atom stereocenters. The largest absolute Gasteiger partial charge is 0.321 e. The molecule has 3 heterocycles. The van der Waals surface area contributed by atoms with Crippen LogP contribution in [0.15, 0.2) is 33.6 Å². The number of nitrogens with zero attached hydrogens (tertiary/aromatic N) is 1. The zero-order chi connectivity index (χ0) is 21.6. The van der Waals surface area contributed by atoms with Crippen molar-refractivity contribution in [3.8, 4) is 0 Å². The molecule has 30 heavy (non-hydrogen) atoms. The number of fused-ring (bicyclic) bond motifs is 1. The summed E-state index contributed by atoms with van der Waals surface area (Å²) in [7, 11) is -3.70. The minimum absolute atomic E-state index is 0.0706. The van der Waals surface area contributed by atoms with Crippen molar-refractivity contribution in [3.05, 3.63) is 49.6 Å². The Balaban J connectivity index is 1.45. The minimum Gasteiger partial charge on any atom is -0.321 e. The molecule has 1 aromatic heterocycles. The number of halogens is 1. The van der Waals surface area contributed by atoms with Crippen LogP contribution in [-0.2, 0) is 32.7 Å². The lowest BCUT2D eigenvalue weighted by Gasteiger charge is -2.29. The number of thiophene rings is 1. The van der Waals surface area contributed by atoms with Gasteiger partial charge < -0.3 is 4.90 Å². The molecule has 2 aliphatic heterocycles. The van der Waals surface area contributed by atoms with Crippen molar-refractivity contribution >= 4 is 55.0 Å². The molecule has 1 fully saturated rings. The minimum atomic E-state index is -3.70. The average Bonchev–Trinajstić information content (AvgIpc) is 3.19. The lowest BCUT2D eigenvalue weighted by molar-refractivity contribution is -0.136. The summed E-state index contributed by atoms with van der Waals surface area (Å²) in [5, 5.41) is 2.27. The van der Waals surface area contributed by atoms with Crippen LogP contribution in [0.2, 0.25) is 0 Å². The maximum atomic E-state index is 12.8. The van der Waals surface area contributed by atoms with Gasteiger partial charge in [-0.1, -0.05) is 15.9 Å². The molecule has 158 valence electrons. The number of benzene rings is 1. The van der Waals surface area contributed by atoms with Gasteiger partial charge in [-0.2, -0.15) is 0 Å². The molecule has 0 spiro atoms. The number of amides is 3. The molecule has 3 amide bonds. The van der Waals surface area contributed by atoms with Crippen molar-refractivity contribution in [1.82, 2.24) is 14.9 Å². The number of carbonyl (C=O) groups excluding carboxylic acids is 3. The normalized spacial score (nSPS) is 19.2. The third kappa shape index (κ3) is 3.94. The molecular formula is C19H18BrN3O5S2. The van der Waals surface area contributed by atoms with Gasteiger partial charge in [0.15, 0.2) is 0 Å². The Morgan fingerprint density at radius 3 is 2.70 bits per heavy atom. The molecule has 11 heteroatoms. The Labute approximate surface area is 185 Å². The topological polar surface area (TPSA) is 113 Å². The van der Waals surface area contributed by atoms with Gasteiger partial charge in [-0.05, 0) is 48.7 Å². The molecule has 1 aromatic carbocycles. The first-order valence-corrected chi connectivity index (χ1v) is 12.3. The van der Waals surface area contributed by atoms with Gasteiger partial charge in [0.25, 0.3) is 5.91 Å². The highest BCUT2D eigenvalue weighted by molar-refractivity contribution is 9.10. The second-order valence-corrected chi connectivity index (χ2v) is 11.0. The van der Waals surface area contributed by atoms with E-state index in [0.29, 0.717) is 16.9 Å². The molecule has 0 saturated carbocycles. The Bertz CT molecular complexity index is 1170. The summed E-state index contributed by atoms with van der Waals surface area (Å²) in [6.07, 6.45) is 0.515. The predicted molar refractivity (Wildman–Crippen MR) is 113 cm³/mol. The highest BCUT2D eigenvalue weighted by Crippen LogP contribution is 2.34. The molecule has 1 unspecified atom stereocenters. The van der Waals surface area contributed by atoms with Crippen molar-refractivity contribution in [2.45, 2.75) is 43.8 Å². The van der Waals surface area contributed by atoms with Crippen molar-refractivity contribution in [2.24, 2.45) is 0 Å². The third-order valence-electron chi connectivity index (χ3n) is 5.11. The van der Waals surface area contributed by atoms with Gasteiger partial charge in [0.2, 0.25) is 21.8 Å². The summed E-state index contributed by atoms with van der Waals surface area (Å²) >= 11 is 4.54. The summed E-state index contributed by atoms with van der Waals surface area (Å²) in [4.78, 5) is 39.1. The van der Waals surface area contributed by atoms with Crippen LogP contribution < -0.4 is 10.0 Å². The zero-order valence-electron chi connectivity index (χ0n) is 15.9. The van der Waals surface area contributed by atoms with E-state index in [4.69, 9.17) is 0 Å². The highest BCUT2D eigenvalue weighted by Gasteiger charge is 2.40. The summed E-state index contributed by atoms with van der Waals surface area (Å²) in [6, 6.07) is 6.08. The Hall–Kier alpha value is -2.08. The molecule has 0 radical (unpaired) electrons. The molecule has 0 bridgehead atoms. The number of sulfonamides is 1. The SMILES string of the molecule is Cc1cc(Br)ccc1S(=O)(=O)NCc1cc2c(s1)C(=O)N(C1CCC(=O)NC1=O)C2. The molecule has 8 nitrogen and oxygen atoms in total. The van der Waals surface area contributed by atoms with E-state index >= 15 is 0 Å². The number of hydrogen-bond donors (Lipinski definition) is 2. The monoisotopic (exact) mass is 511 g/mol. The lowest BCUT2D eigenvalue weighted by atomic mass is 10.0. The molecular weight excluding hydrogens is 494 g/mol. The van der Waals surface area contributed by atoms with Gasteiger partial charge in [0, 0.05) is 28.9 Å². The van der Waals surface area contributed by atoms with Crippen molar-refractivity contribution in [3.63, 3.8) is 0 Å². The molecule has 1 saturated heterocycles. The fourth-order valence-corrected chi connectivity index (χ4v) is 6.51. The Kier molecular flexibility index (Phi) is 5.56. The molecule has 0 aliphatic carbocycles. The van der Waals surface area contributed by atoms with Gasteiger partial charge in [-0.15, -0.1) is 11.3 Å². The van der Waals surface area contributed by atoms with Crippen LogP contribution in [0.3, 0.4) is 0 Å². The van der Waals surface area contributed by atoms with E-state index < -0.39 is 22.0 Å². The van der Waals surface area contributed by atoms with Gasteiger partial charge in [0.05, 0.1) is 9.77 Å². The van der Waals surface area contributed by atoms with Gasteiger partial charge >= 0.3 is 0 Å². The summed E-state index contributed by atoms with van der Waals surface area (Å²) in [6.45, 7) is 2.07. The fourth-order valence-electron chi connectivity index (χ4n) is 3.65. The number of imide groups is 1. The van der Waals surface area contributed by atoms with Crippen LogP contribution in [0.4, 0.5) is 0 Å². The van der Waals surface area contributed by atoms with Gasteiger partial charge in [-0.3, -0.25) is 19.7 Å². The molecule has 2 aromatic rings. The van der Waals surface area contributed by atoms with Crippen LogP contribution in [-0.4, -0.2) is 37.1 Å². The van der Waals surface area contributed by atoms with E-state index in [9.17, 15) is 22.8 Å². The van der Waals surface area contributed by atoms with Crippen molar-refractivity contribution < 1.29 is 22.8 Å². The van der Waals surface area contributed by atoms with Crippen molar-refractivity contribution in [1.29, 1.82) is 0 Å². The molecule has 2 aliphatic rings. The van der Waals surface area contributed by atoms with Crippen LogP contribution in [0, 0.1) is 6.92 Å². The third-order valence-corrected chi connectivity index (χ3v) is 8.33. The number of hydrogen-bond acceptors (Lipinski definition) is 6. The van der Waals surface area contributed by atoms with E-state index in [1.54, 1.807) is 25.1 Å². The first-order valence-electron chi connectivity index (χ1n) is 9.18. The van der Waals surface area contributed by atoms with Crippen molar-refractivity contribution in [2.75, 3.05) is 0 Å². The maximum Gasteiger partial charge on any atom is 0.265 e. The second-order valence-electron chi connectivity index (χ2n) is 7.20. The zero-order valence-corrected chi connectivity index (χ0v) is 19.1. The predicted octanol–water partition coefficient (Wildman–Crippen LogP) is 2.06. The quantitative estimate of drug-likeness (QED) is 0.596. The first-order chi connectivity index (χ1) is 14.2. The first kappa shape index (κ1) is 21.2. The summed E-state index contributed by atoms with van der Waals surface area (Å²) < 4.78 is 28.6. The van der Waals surface area contributed by atoms with Gasteiger partial charge in [-0.25, -0.2) is 13.1 Å². The number of aryl methyl sites for hydroxylation is 1. The number of piperidine rings is 1. The number of carbonyl (C=O) groups is 3. The molecule has 2 N–H and O–H groups in total. The van der Waals surface area contributed by atoms with Crippen LogP contribution >= 0.6 is 27.3 Å². The number of nitrogens with one attached hydrogen (secondary N) is 2. The van der Waals surface area contributed by atoms with Crippen LogP contribution in [0.5, 0.6) is 0 Å². The standard InChI is InChI=1S/C19H18BrN3O5S2/c1-10-6-12(20)2-4-15(10)30(27,28)21-8-13-7-11-9-23(19(26)17(11)29-13)14-3-5-16(24)22-18(14)25/h2,4,6-7,14,21H,3,5,8-9H2,1H3,(H,22,24,25). The average molecular weight is 512 g/mol. The van der Waals surface area contributed by atoms with Gasteiger partial charge in [0.1, 0.15) is 6.04 Å². The van der Waals surface area contributed by atoms with Crippen LogP contribution in [0.1, 0.15) is 38.5 Å². The fraction of sp³-hybridized carbons (Fsp3) is 0.316. The summed E-state index contributed by atoms with van der Waals surface area (Å²) in [5.74, 6) is -1.04. The smallest absolute Gasteiger partial charge is 0.265 e. The highest BCUT2D eigenvalue weighted by atomic mass is 79.9. The van der Waals surface area contributed by atoms with E-state index in [2.05, 4.69) is 26.0 Å². The van der Waals surface area contributed by atoms with E-state index in [1.807, 2.05) is 0 Å². The van der Waals surface area contributed by atoms with E-state index in [-0.39, 0.29) is 36.2 Å². The van der Waals surface area contributed by atoms with E-state index in [1.165, 1.54) is 22.3 Å². The second kappa shape index (κ2) is 7.88. The Morgan fingerprint density at radius 1 is 1.27 bits per heavy atom. The lowest BCUT2D eigenvalue weighted by Crippen LogP contribution is -2.52. The number of rotatable bonds is 5. The van der Waals surface area contributed by atoms with E-state index in [0.717, 1.165) is 14.9 Å². The maximum absolute atomic E-state index is 12.8. The Morgan fingerprint density at radius 2 is 2.03 bits per heavy atom.